The average Bonchev–Trinajstić information content (AvgIpc) is 2.89. The molecule has 1 fully saturated rings. The van der Waals surface area contributed by atoms with Crippen LogP contribution in [0.5, 0.6) is 5.75 Å². The molecule has 0 saturated carbocycles. The van der Waals surface area contributed by atoms with Crippen molar-refractivity contribution in [1.82, 2.24) is 5.32 Å². The molecule has 3 rings (SSSR count). The number of primary amides is 1. The fourth-order valence-corrected chi connectivity index (χ4v) is 2.95. The number of rotatable bonds is 3. The molecule has 0 bridgehead atoms. The number of carbonyl (C=O) groups excluding carboxylic acids is 2. The molecule has 0 aromatic heterocycles. The third-order valence-electron chi connectivity index (χ3n) is 3.27. The van der Waals surface area contributed by atoms with E-state index in [1.54, 1.807) is 54.6 Å². The highest BCUT2D eigenvalue weighted by atomic mass is 32.2. The largest absolute Gasteiger partial charge is 0.507 e. The second kappa shape index (κ2) is 6.59. The fraction of sp³-hybridized carbons (Fsp3) is 0. The maximum atomic E-state index is 12.1. The Balaban J connectivity index is 1.91. The molecule has 1 aliphatic rings. The molecule has 7 heteroatoms. The van der Waals surface area contributed by atoms with Gasteiger partial charge >= 0.3 is 0 Å². The Morgan fingerprint density at radius 3 is 2.62 bits per heavy atom. The van der Waals surface area contributed by atoms with Gasteiger partial charge in [-0.1, -0.05) is 30.3 Å². The second-order valence-corrected chi connectivity index (χ2v) is 5.95. The van der Waals surface area contributed by atoms with Gasteiger partial charge in [0.05, 0.1) is 16.2 Å². The van der Waals surface area contributed by atoms with E-state index in [1.165, 1.54) is 0 Å². The van der Waals surface area contributed by atoms with Gasteiger partial charge in [-0.3, -0.25) is 9.59 Å². The number of amidine groups is 1. The Kier molecular flexibility index (Phi) is 4.35. The van der Waals surface area contributed by atoms with Crippen LogP contribution >= 0.6 is 11.8 Å². The maximum Gasteiger partial charge on any atom is 0.264 e. The highest BCUT2D eigenvalue weighted by Crippen LogP contribution is 2.30. The normalized spacial score (nSPS) is 17.2. The number of thioether (sulfide) groups is 1. The van der Waals surface area contributed by atoms with Gasteiger partial charge < -0.3 is 16.2 Å². The molecule has 0 unspecified atom stereocenters. The molecule has 120 valence electrons. The van der Waals surface area contributed by atoms with E-state index in [-0.39, 0.29) is 17.2 Å². The lowest BCUT2D eigenvalue weighted by molar-refractivity contribution is -0.115. The van der Waals surface area contributed by atoms with Crippen molar-refractivity contribution in [1.29, 1.82) is 0 Å². The van der Waals surface area contributed by atoms with Gasteiger partial charge in [-0.15, -0.1) is 0 Å². The van der Waals surface area contributed by atoms with Crippen LogP contribution in [0.4, 0.5) is 5.69 Å². The van der Waals surface area contributed by atoms with Gasteiger partial charge in [-0.2, -0.15) is 0 Å². The van der Waals surface area contributed by atoms with Gasteiger partial charge in [0, 0.05) is 5.56 Å². The number of nitrogens with two attached hydrogens (primary N) is 1. The first kappa shape index (κ1) is 15.8. The summed E-state index contributed by atoms with van der Waals surface area (Å²) in [5, 5.41) is 12.8. The molecule has 1 heterocycles. The Bertz CT molecular complexity index is 890. The monoisotopic (exact) mass is 339 g/mol. The van der Waals surface area contributed by atoms with Gasteiger partial charge in [0.2, 0.25) is 0 Å². The second-order valence-electron chi connectivity index (χ2n) is 4.92. The molecular formula is C17H13N3O3S. The van der Waals surface area contributed by atoms with Gasteiger partial charge in [-0.05, 0) is 36.0 Å². The first-order chi connectivity index (χ1) is 11.5. The molecule has 4 N–H and O–H groups in total. The lowest BCUT2D eigenvalue weighted by atomic mass is 10.2. The zero-order valence-electron chi connectivity index (χ0n) is 12.4. The molecular weight excluding hydrogens is 326 g/mol. The zero-order chi connectivity index (χ0) is 17.1. The summed E-state index contributed by atoms with van der Waals surface area (Å²) in [6.07, 6.45) is 1.58. The number of amides is 2. The predicted molar refractivity (Wildman–Crippen MR) is 93.9 cm³/mol. The Morgan fingerprint density at radius 1 is 1.17 bits per heavy atom. The number of aliphatic imine (C=N–C) groups is 1. The lowest BCUT2D eigenvalue weighted by Gasteiger charge is -2.01. The smallest absolute Gasteiger partial charge is 0.264 e. The molecule has 2 aromatic rings. The number of benzene rings is 2. The van der Waals surface area contributed by atoms with Crippen molar-refractivity contribution >= 4 is 40.5 Å². The summed E-state index contributed by atoms with van der Waals surface area (Å²) >= 11 is 1.12. The van der Waals surface area contributed by atoms with E-state index in [4.69, 9.17) is 5.73 Å². The van der Waals surface area contributed by atoms with Crippen LogP contribution in [0, 0.1) is 0 Å². The number of nitrogens with zero attached hydrogens (tertiary/aromatic N) is 1. The molecule has 2 aromatic carbocycles. The number of phenols is 1. The molecule has 1 saturated heterocycles. The molecule has 1 aliphatic heterocycles. The summed E-state index contributed by atoms with van der Waals surface area (Å²) in [4.78, 5) is 28.2. The summed E-state index contributed by atoms with van der Waals surface area (Å²) in [5.41, 5.74) is 6.52. The van der Waals surface area contributed by atoms with E-state index in [0.717, 1.165) is 11.8 Å². The van der Waals surface area contributed by atoms with Gasteiger partial charge in [0.1, 0.15) is 5.75 Å². The number of hydrogen-bond acceptors (Lipinski definition) is 5. The van der Waals surface area contributed by atoms with Crippen molar-refractivity contribution in [2.45, 2.75) is 0 Å². The Labute approximate surface area is 142 Å². The highest BCUT2D eigenvalue weighted by molar-refractivity contribution is 8.18. The lowest BCUT2D eigenvalue weighted by Crippen LogP contribution is -2.19. The number of aromatic hydroxyl groups is 1. The van der Waals surface area contributed by atoms with Crippen LogP contribution in [0.2, 0.25) is 0 Å². The van der Waals surface area contributed by atoms with Crippen molar-refractivity contribution in [3.63, 3.8) is 0 Å². The maximum absolute atomic E-state index is 12.1. The van der Waals surface area contributed by atoms with E-state index in [0.29, 0.717) is 21.3 Å². The summed E-state index contributed by atoms with van der Waals surface area (Å²) < 4.78 is 0. The first-order valence-electron chi connectivity index (χ1n) is 7.01. The molecule has 6 nitrogen and oxygen atoms in total. The van der Waals surface area contributed by atoms with Crippen LogP contribution in [-0.4, -0.2) is 22.1 Å². The Hall–Kier alpha value is -3.06. The molecule has 2 amide bonds. The number of nitrogens with one attached hydrogen (secondary N) is 1. The van der Waals surface area contributed by atoms with Gasteiger partial charge in [0.25, 0.3) is 11.8 Å². The summed E-state index contributed by atoms with van der Waals surface area (Å²) in [7, 11) is 0. The summed E-state index contributed by atoms with van der Waals surface area (Å²) in [6, 6.07) is 13.3. The van der Waals surface area contributed by atoms with Crippen molar-refractivity contribution in [3.8, 4) is 5.75 Å². The van der Waals surface area contributed by atoms with Crippen LogP contribution in [0.25, 0.3) is 6.08 Å². The third kappa shape index (κ3) is 3.31. The van der Waals surface area contributed by atoms with E-state index < -0.39 is 5.91 Å². The number of para-hydroxylation sites is 2. The van der Waals surface area contributed by atoms with E-state index in [2.05, 4.69) is 10.3 Å². The van der Waals surface area contributed by atoms with Crippen LogP contribution in [0.3, 0.4) is 0 Å². The molecule has 0 spiro atoms. The van der Waals surface area contributed by atoms with E-state index in [1.807, 2.05) is 0 Å². The third-order valence-corrected chi connectivity index (χ3v) is 4.18. The minimum Gasteiger partial charge on any atom is -0.507 e. The highest BCUT2D eigenvalue weighted by Gasteiger charge is 2.24. The number of hydrogen-bond donors (Lipinski definition) is 3. The molecule has 0 radical (unpaired) electrons. The fourth-order valence-electron chi connectivity index (χ4n) is 2.12. The molecule has 24 heavy (non-hydrogen) atoms. The first-order valence-corrected chi connectivity index (χ1v) is 7.82. The molecule has 0 aliphatic carbocycles. The standard InChI is InChI=1S/C17H13N3O3S/c18-15(22)11-6-2-3-7-12(11)19-17-20-16(23)14(24-17)9-10-5-1-4-8-13(10)21/h1-9,21H,(H2,18,22)(H,19,20,23)/b14-9-. The summed E-state index contributed by atoms with van der Waals surface area (Å²) in [5.74, 6) is -0.823. The van der Waals surface area contributed by atoms with Crippen molar-refractivity contribution < 1.29 is 14.7 Å². The zero-order valence-corrected chi connectivity index (χ0v) is 13.2. The van der Waals surface area contributed by atoms with Crippen molar-refractivity contribution in [2.24, 2.45) is 10.7 Å². The summed E-state index contributed by atoms with van der Waals surface area (Å²) in [6.45, 7) is 0. The average molecular weight is 339 g/mol. The van der Waals surface area contributed by atoms with E-state index in [9.17, 15) is 14.7 Å². The number of phenolic OH excluding ortho intramolecular Hbond substituents is 1. The minimum atomic E-state index is -0.589. The van der Waals surface area contributed by atoms with Gasteiger partial charge in [0.15, 0.2) is 5.17 Å². The van der Waals surface area contributed by atoms with Crippen molar-refractivity contribution in [2.75, 3.05) is 0 Å². The topological polar surface area (TPSA) is 105 Å². The van der Waals surface area contributed by atoms with Crippen LogP contribution < -0.4 is 11.1 Å². The van der Waals surface area contributed by atoms with Crippen LogP contribution in [-0.2, 0) is 4.79 Å². The number of carbonyl (C=O) groups is 2. The van der Waals surface area contributed by atoms with Crippen molar-refractivity contribution in [3.05, 3.63) is 64.6 Å². The molecule has 0 atom stereocenters. The van der Waals surface area contributed by atoms with Gasteiger partial charge in [-0.25, -0.2) is 4.99 Å². The quantitative estimate of drug-likeness (QED) is 0.747. The SMILES string of the molecule is NC(=O)c1ccccc1N=C1NC(=O)/C(=C/c2ccccc2O)S1. The Morgan fingerprint density at radius 2 is 1.88 bits per heavy atom. The van der Waals surface area contributed by atoms with E-state index >= 15 is 0 Å². The minimum absolute atomic E-state index is 0.0860. The van der Waals surface area contributed by atoms with Crippen LogP contribution in [0.1, 0.15) is 15.9 Å². The predicted octanol–water partition coefficient (Wildman–Crippen LogP) is 2.38. The van der Waals surface area contributed by atoms with Crippen LogP contribution in [0.15, 0.2) is 58.4 Å².